The Morgan fingerprint density at radius 3 is 2.65 bits per heavy atom. The third-order valence-corrected chi connectivity index (χ3v) is 3.66. The van der Waals surface area contributed by atoms with Gasteiger partial charge in [-0.3, -0.25) is 4.79 Å². The number of quaternary nitrogens is 1. The molecule has 1 saturated heterocycles. The first-order chi connectivity index (χ1) is 9.45. The summed E-state index contributed by atoms with van der Waals surface area (Å²) >= 11 is 0. The van der Waals surface area contributed by atoms with Gasteiger partial charge in [-0.1, -0.05) is 6.07 Å². The summed E-state index contributed by atoms with van der Waals surface area (Å²) in [6, 6.07) is 5.77. The predicted octanol–water partition coefficient (Wildman–Crippen LogP) is 0.845. The van der Waals surface area contributed by atoms with E-state index in [0.717, 1.165) is 13.1 Å². The largest absolute Gasteiger partial charge is 0.364 e. The summed E-state index contributed by atoms with van der Waals surface area (Å²) < 4.78 is 18.8. The molecule has 110 valence electrons. The third kappa shape index (κ3) is 3.77. The lowest BCUT2D eigenvalue weighted by Gasteiger charge is -2.35. The molecule has 2 N–H and O–H groups in total. The van der Waals surface area contributed by atoms with Crippen molar-refractivity contribution in [3.05, 3.63) is 30.1 Å². The molecule has 1 fully saturated rings. The van der Waals surface area contributed by atoms with Crippen LogP contribution >= 0.6 is 0 Å². The predicted molar refractivity (Wildman–Crippen MR) is 75.2 cm³/mol. The molecule has 4 atom stereocenters. The number of carbonyl (C=O) groups excluding carboxylic acids is 1. The molecule has 1 aromatic carbocycles. The second-order valence-corrected chi connectivity index (χ2v) is 5.55. The van der Waals surface area contributed by atoms with Gasteiger partial charge in [0.1, 0.15) is 31.1 Å². The molecule has 2 rings (SSSR count). The smallest absolute Gasteiger partial charge is 0.282 e. The second kappa shape index (κ2) is 6.33. The fourth-order valence-corrected chi connectivity index (χ4v) is 2.67. The summed E-state index contributed by atoms with van der Waals surface area (Å²) in [6.45, 7) is 7.55. The average Bonchev–Trinajstić information content (AvgIpc) is 2.36. The highest BCUT2D eigenvalue weighted by Crippen LogP contribution is 2.09. The molecule has 0 spiro atoms. The van der Waals surface area contributed by atoms with E-state index in [4.69, 9.17) is 4.74 Å². The first-order valence-electron chi connectivity index (χ1n) is 7.02. The van der Waals surface area contributed by atoms with E-state index in [1.165, 1.54) is 17.0 Å². The van der Waals surface area contributed by atoms with Crippen LogP contribution in [0.3, 0.4) is 0 Å². The molecule has 1 aromatic rings. The van der Waals surface area contributed by atoms with Crippen LogP contribution in [0.15, 0.2) is 24.3 Å². The van der Waals surface area contributed by atoms with Gasteiger partial charge in [0.05, 0.1) is 0 Å². The molecule has 1 heterocycles. The van der Waals surface area contributed by atoms with Gasteiger partial charge in [-0.15, -0.1) is 0 Å². The molecule has 0 bridgehead atoms. The van der Waals surface area contributed by atoms with Crippen LogP contribution in [0.5, 0.6) is 0 Å². The highest BCUT2D eigenvalue weighted by Gasteiger charge is 2.32. The van der Waals surface area contributed by atoms with Crippen LogP contribution in [-0.4, -0.2) is 37.2 Å². The molecule has 5 heteroatoms. The molecular formula is C15H22FN2O2+. The summed E-state index contributed by atoms with van der Waals surface area (Å²) in [7, 11) is 0. The zero-order chi connectivity index (χ0) is 14.7. The number of rotatable bonds is 3. The summed E-state index contributed by atoms with van der Waals surface area (Å²) in [4.78, 5) is 13.4. The Balaban J connectivity index is 1.98. The Labute approximate surface area is 118 Å². The van der Waals surface area contributed by atoms with Crippen molar-refractivity contribution in [2.45, 2.75) is 39.0 Å². The summed E-state index contributed by atoms with van der Waals surface area (Å²) in [5.41, 5.74) is 0.496. The number of hydrogen-bond donors (Lipinski definition) is 2. The van der Waals surface area contributed by atoms with Crippen molar-refractivity contribution in [3.63, 3.8) is 0 Å². The van der Waals surface area contributed by atoms with Gasteiger partial charge >= 0.3 is 0 Å². The molecule has 4 nitrogen and oxygen atoms in total. The minimum Gasteiger partial charge on any atom is -0.364 e. The van der Waals surface area contributed by atoms with E-state index in [0.29, 0.717) is 5.69 Å². The van der Waals surface area contributed by atoms with E-state index in [-0.39, 0.29) is 30.0 Å². The molecule has 1 amide bonds. The van der Waals surface area contributed by atoms with Gasteiger partial charge < -0.3 is 15.0 Å². The van der Waals surface area contributed by atoms with Crippen molar-refractivity contribution in [1.29, 1.82) is 0 Å². The Hall–Kier alpha value is -1.46. The van der Waals surface area contributed by atoms with Crippen molar-refractivity contribution in [3.8, 4) is 0 Å². The van der Waals surface area contributed by atoms with Gasteiger partial charge in [-0.25, -0.2) is 4.39 Å². The number of morpholine rings is 1. The van der Waals surface area contributed by atoms with E-state index in [9.17, 15) is 9.18 Å². The van der Waals surface area contributed by atoms with E-state index in [1.54, 1.807) is 12.1 Å². The van der Waals surface area contributed by atoms with Crippen LogP contribution in [0.2, 0.25) is 0 Å². The zero-order valence-corrected chi connectivity index (χ0v) is 12.2. The number of carbonyl (C=O) groups is 1. The maximum atomic E-state index is 13.1. The van der Waals surface area contributed by atoms with Crippen molar-refractivity contribution < 1.29 is 18.8 Å². The van der Waals surface area contributed by atoms with Crippen LogP contribution in [-0.2, 0) is 9.53 Å². The molecule has 1 unspecified atom stereocenters. The maximum absolute atomic E-state index is 13.1. The maximum Gasteiger partial charge on any atom is 0.282 e. The quantitative estimate of drug-likeness (QED) is 0.862. The SMILES string of the molecule is C[C@@H]1C[NH+]([C@@H](C)C(=O)Nc2cccc(F)c2)C[C@H](C)O1. The Bertz CT molecular complexity index is 471. The number of anilines is 1. The summed E-state index contributed by atoms with van der Waals surface area (Å²) in [6.07, 6.45) is 0.302. The van der Waals surface area contributed by atoms with Crippen LogP contribution < -0.4 is 10.2 Å². The normalized spacial score (nSPS) is 27.9. The number of benzene rings is 1. The van der Waals surface area contributed by atoms with Gasteiger partial charge in [0.2, 0.25) is 0 Å². The first kappa shape index (κ1) is 14.9. The Kier molecular flexibility index (Phi) is 4.73. The lowest BCUT2D eigenvalue weighted by Crippen LogP contribution is -3.19. The second-order valence-electron chi connectivity index (χ2n) is 5.55. The van der Waals surface area contributed by atoms with E-state index < -0.39 is 0 Å². The van der Waals surface area contributed by atoms with Gasteiger partial charge in [-0.2, -0.15) is 0 Å². The average molecular weight is 281 g/mol. The number of nitrogens with one attached hydrogen (secondary N) is 2. The first-order valence-corrected chi connectivity index (χ1v) is 7.02. The Morgan fingerprint density at radius 2 is 2.05 bits per heavy atom. The monoisotopic (exact) mass is 281 g/mol. The van der Waals surface area contributed by atoms with Crippen molar-refractivity contribution in [2.24, 2.45) is 0 Å². The van der Waals surface area contributed by atoms with Crippen LogP contribution in [0.4, 0.5) is 10.1 Å². The summed E-state index contributed by atoms with van der Waals surface area (Å²) in [5.74, 6) is -0.441. The zero-order valence-electron chi connectivity index (χ0n) is 12.2. The van der Waals surface area contributed by atoms with E-state index in [2.05, 4.69) is 5.32 Å². The third-order valence-electron chi connectivity index (χ3n) is 3.66. The van der Waals surface area contributed by atoms with Gasteiger partial charge in [0.15, 0.2) is 6.04 Å². The number of amides is 1. The lowest BCUT2D eigenvalue weighted by molar-refractivity contribution is -0.928. The van der Waals surface area contributed by atoms with E-state index >= 15 is 0 Å². The molecule has 0 aromatic heterocycles. The van der Waals surface area contributed by atoms with Gasteiger partial charge in [0, 0.05) is 5.69 Å². The molecule has 20 heavy (non-hydrogen) atoms. The molecular weight excluding hydrogens is 259 g/mol. The van der Waals surface area contributed by atoms with Crippen LogP contribution in [0.1, 0.15) is 20.8 Å². The topological polar surface area (TPSA) is 42.8 Å². The fourth-order valence-electron chi connectivity index (χ4n) is 2.67. The minimum atomic E-state index is -0.351. The fraction of sp³-hybridized carbons (Fsp3) is 0.533. The van der Waals surface area contributed by atoms with Crippen molar-refractivity contribution in [1.82, 2.24) is 0 Å². The Morgan fingerprint density at radius 1 is 1.40 bits per heavy atom. The van der Waals surface area contributed by atoms with Crippen molar-refractivity contribution in [2.75, 3.05) is 18.4 Å². The summed E-state index contributed by atoms with van der Waals surface area (Å²) in [5, 5.41) is 2.77. The molecule has 0 aliphatic carbocycles. The highest BCUT2D eigenvalue weighted by molar-refractivity contribution is 5.93. The molecule has 0 saturated carbocycles. The number of ether oxygens (including phenoxy) is 1. The number of hydrogen-bond acceptors (Lipinski definition) is 2. The van der Waals surface area contributed by atoms with E-state index in [1.807, 2.05) is 20.8 Å². The standard InChI is InChI=1S/C15H21FN2O2/c1-10-8-18(9-11(2)20-10)12(3)15(19)17-14-6-4-5-13(16)7-14/h4-7,10-12H,8-9H2,1-3H3,(H,17,19)/p+1/t10-,11+,12-/m0/s1. The molecule has 1 aliphatic heterocycles. The molecule has 1 aliphatic rings. The van der Waals surface area contributed by atoms with Crippen molar-refractivity contribution >= 4 is 11.6 Å². The van der Waals surface area contributed by atoms with Crippen LogP contribution in [0, 0.1) is 5.82 Å². The van der Waals surface area contributed by atoms with Crippen LogP contribution in [0.25, 0.3) is 0 Å². The number of halogens is 1. The highest BCUT2D eigenvalue weighted by atomic mass is 19.1. The van der Waals surface area contributed by atoms with Gasteiger partial charge in [0.25, 0.3) is 5.91 Å². The van der Waals surface area contributed by atoms with Gasteiger partial charge in [-0.05, 0) is 39.0 Å². The minimum absolute atomic E-state index is 0.0908. The molecule has 0 radical (unpaired) electrons. The lowest BCUT2D eigenvalue weighted by atomic mass is 10.1.